The molecule has 2 atom stereocenters. The minimum absolute atomic E-state index is 0.183. The van der Waals surface area contributed by atoms with Gasteiger partial charge in [0.05, 0.1) is 11.8 Å². The van der Waals surface area contributed by atoms with E-state index in [1.165, 1.54) is 12.3 Å². The zero-order valence-corrected chi connectivity index (χ0v) is 13.3. The van der Waals surface area contributed by atoms with Crippen LogP contribution >= 0.6 is 0 Å². The Labute approximate surface area is 129 Å². The van der Waals surface area contributed by atoms with Gasteiger partial charge in [0.2, 0.25) is 0 Å². The molecule has 0 radical (unpaired) electrons. The highest BCUT2D eigenvalue weighted by Crippen LogP contribution is 2.23. The molecule has 1 aromatic rings. The second kappa shape index (κ2) is 6.60. The predicted octanol–water partition coefficient (Wildman–Crippen LogP) is 2.18. The first-order valence-corrected chi connectivity index (χ1v) is 8.44. The summed E-state index contributed by atoms with van der Waals surface area (Å²) in [6, 6.07) is 1.19. The first-order valence-electron chi connectivity index (χ1n) is 7.13. The van der Waals surface area contributed by atoms with E-state index >= 15 is 0 Å². The summed E-state index contributed by atoms with van der Waals surface area (Å²) in [6.45, 7) is 5.52. The Balaban J connectivity index is 2.16. The summed E-state index contributed by atoms with van der Waals surface area (Å²) >= 11 is 0. The van der Waals surface area contributed by atoms with Gasteiger partial charge in [0.15, 0.2) is 5.75 Å². The van der Waals surface area contributed by atoms with E-state index in [-0.39, 0.29) is 17.2 Å². The van der Waals surface area contributed by atoms with Crippen LogP contribution < -0.4 is 4.18 Å². The van der Waals surface area contributed by atoms with E-state index in [1.54, 1.807) is 4.90 Å². The lowest BCUT2D eigenvalue weighted by atomic mass is 9.97. The third-order valence-corrected chi connectivity index (χ3v) is 4.06. The molecule has 0 aliphatic carbocycles. The lowest BCUT2D eigenvalue weighted by Crippen LogP contribution is -2.34. The molecule has 0 N–H and O–H groups in total. The molecule has 1 fully saturated rings. The number of hydrogen-bond acceptors (Lipinski definition) is 5. The zero-order valence-electron chi connectivity index (χ0n) is 12.5. The summed E-state index contributed by atoms with van der Waals surface area (Å²) in [4.78, 5) is 18.0. The molecule has 6 nitrogen and oxygen atoms in total. The molecule has 2 heterocycles. The quantitative estimate of drug-likeness (QED) is 0.794. The van der Waals surface area contributed by atoms with Crippen LogP contribution in [0.15, 0.2) is 18.5 Å². The maximum Gasteiger partial charge on any atom is 0.488 e. The summed E-state index contributed by atoms with van der Waals surface area (Å²) in [7, 11) is -5.13. The Morgan fingerprint density at radius 3 is 2.77 bits per heavy atom. The number of likely N-dealkylation sites (tertiary alicyclic amines) is 1. The molecule has 1 amide bonds. The highest BCUT2D eigenvalue weighted by atomic mass is 32.3. The Morgan fingerprint density at radius 2 is 2.09 bits per heavy atom. The Morgan fingerprint density at radius 1 is 1.36 bits per heavy atom. The molecule has 0 bridgehead atoms. The first-order chi connectivity index (χ1) is 10.2. The van der Waals surface area contributed by atoms with E-state index in [0.29, 0.717) is 24.9 Å². The number of hydrogen-bond donors (Lipinski definition) is 0. The number of halogens is 1. The highest BCUT2D eigenvalue weighted by Gasteiger charge is 2.24. The standard InChI is InChI=1S/C14H19FN2O4S/c1-10-3-4-17(9-11(2)5-10)14(18)12-6-13(8-16-7-12)21-22(15,19)20/h6-8,10-11H,3-5,9H2,1-2H3/t10-,11-/m1/s1. The Bertz CT molecular complexity index is 650. The van der Waals surface area contributed by atoms with Crippen molar-refractivity contribution in [3.05, 3.63) is 24.0 Å². The summed E-state index contributed by atoms with van der Waals surface area (Å²) < 4.78 is 37.6. The van der Waals surface area contributed by atoms with Gasteiger partial charge < -0.3 is 9.08 Å². The smallest absolute Gasteiger partial charge is 0.357 e. The van der Waals surface area contributed by atoms with Crippen molar-refractivity contribution in [3.8, 4) is 5.75 Å². The molecule has 1 aliphatic rings. The van der Waals surface area contributed by atoms with Gasteiger partial charge in [-0.05, 0) is 30.7 Å². The number of carbonyl (C=O) groups is 1. The minimum atomic E-state index is -5.13. The number of amides is 1. The topological polar surface area (TPSA) is 76.6 Å². The first kappa shape index (κ1) is 16.7. The van der Waals surface area contributed by atoms with Crippen LogP contribution in [0, 0.1) is 11.8 Å². The molecular formula is C14H19FN2O4S. The minimum Gasteiger partial charge on any atom is -0.357 e. The van der Waals surface area contributed by atoms with Crippen LogP contribution in [0.3, 0.4) is 0 Å². The second-order valence-electron chi connectivity index (χ2n) is 5.87. The molecule has 0 aromatic carbocycles. The number of carbonyl (C=O) groups excluding carboxylic acids is 1. The van der Waals surface area contributed by atoms with Crippen molar-refractivity contribution in [1.29, 1.82) is 0 Å². The summed E-state index contributed by atoms with van der Waals surface area (Å²) in [5.74, 6) is 0.372. The van der Waals surface area contributed by atoms with Gasteiger partial charge in [-0.2, -0.15) is 8.42 Å². The monoisotopic (exact) mass is 330 g/mol. The second-order valence-corrected chi connectivity index (χ2v) is 6.82. The van der Waals surface area contributed by atoms with Crippen LogP contribution in [-0.2, 0) is 10.5 Å². The molecule has 2 rings (SSSR count). The van der Waals surface area contributed by atoms with Crippen LogP contribution in [0.2, 0.25) is 0 Å². The van der Waals surface area contributed by atoms with E-state index in [2.05, 4.69) is 23.0 Å². The summed E-state index contributed by atoms with van der Waals surface area (Å²) in [6.07, 6.45) is 4.34. The molecule has 8 heteroatoms. The van der Waals surface area contributed by atoms with Gasteiger partial charge in [-0.15, -0.1) is 0 Å². The van der Waals surface area contributed by atoms with Gasteiger partial charge in [-0.3, -0.25) is 9.78 Å². The van der Waals surface area contributed by atoms with Crippen LogP contribution in [0.25, 0.3) is 0 Å². The van der Waals surface area contributed by atoms with Crippen LogP contribution in [0.1, 0.15) is 37.0 Å². The lowest BCUT2D eigenvalue weighted by Gasteiger charge is -2.22. The molecule has 22 heavy (non-hydrogen) atoms. The van der Waals surface area contributed by atoms with Crippen molar-refractivity contribution >= 4 is 16.4 Å². The predicted molar refractivity (Wildman–Crippen MR) is 78.4 cm³/mol. The van der Waals surface area contributed by atoms with Crippen molar-refractivity contribution in [1.82, 2.24) is 9.88 Å². The third kappa shape index (κ3) is 4.66. The van der Waals surface area contributed by atoms with Crippen molar-refractivity contribution in [2.75, 3.05) is 13.1 Å². The molecule has 0 unspecified atom stereocenters. The third-order valence-electron chi connectivity index (χ3n) is 3.67. The molecule has 0 saturated carbocycles. The molecule has 0 spiro atoms. The molecular weight excluding hydrogens is 311 g/mol. The van der Waals surface area contributed by atoms with E-state index in [1.807, 2.05) is 0 Å². The van der Waals surface area contributed by atoms with E-state index in [9.17, 15) is 17.1 Å². The zero-order chi connectivity index (χ0) is 16.3. The van der Waals surface area contributed by atoms with Crippen molar-refractivity contribution in [2.24, 2.45) is 11.8 Å². The van der Waals surface area contributed by atoms with Crippen molar-refractivity contribution in [3.63, 3.8) is 0 Å². The molecule has 1 aromatic heterocycles. The number of aromatic nitrogens is 1. The molecule has 1 aliphatic heterocycles. The molecule has 122 valence electrons. The largest absolute Gasteiger partial charge is 0.488 e. The average Bonchev–Trinajstić information content (AvgIpc) is 2.57. The van der Waals surface area contributed by atoms with Gasteiger partial charge in [0.25, 0.3) is 5.91 Å². The fourth-order valence-corrected chi connectivity index (χ4v) is 3.11. The fraction of sp³-hybridized carbons (Fsp3) is 0.571. The number of rotatable bonds is 3. The van der Waals surface area contributed by atoms with Crippen molar-refractivity contribution in [2.45, 2.75) is 26.7 Å². The SMILES string of the molecule is C[C@@H]1CCN(C(=O)c2cncc(OS(=O)(=O)F)c2)C[C@H](C)C1. The Hall–Kier alpha value is -1.70. The van der Waals surface area contributed by atoms with Gasteiger partial charge >= 0.3 is 10.5 Å². The lowest BCUT2D eigenvalue weighted by molar-refractivity contribution is 0.0743. The van der Waals surface area contributed by atoms with E-state index < -0.39 is 10.5 Å². The van der Waals surface area contributed by atoms with Gasteiger partial charge in [0, 0.05) is 19.3 Å². The van der Waals surface area contributed by atoms with E-state index in [4.69, 9.17) is 0 Å². The maximum absolute atomic E-state index is 12.5. The Kier molecular flexibility index (Phi) is 5.00. The average molecular weight is 330 g/mol. The van der Waals surface area contributed by atoms with Crippen molar-refractivity contribution < 1.29 is 21.3 Å². The van der Waals surface area contributed by atoms with Crippen LogP contribution in [-0.4, -0.2) is 37.3 Å². The normalized spacial score (nSPS) is 23.0. The van der Waals surface area contributed by atoms with Crippen LogP contribution in [0.4, 0.5) is 3.89 Å². The summed E-state index contributed by atoms with van der Waals surface area (Å²) in [5, 5.41) is 0. The number of pyridine rings is 1. The maximum atomic E-state index is 12.5. The number of nitrogens with zero attached hydrogens (tertiary/aromatic N) is 2. The molecule has 1 saturated heterocycles. The summed E-state index contributed by atoms with van der Waals surface area (Å²) in [5.41, 5.74) is 0.183. The fourth-order valence-electron chi connectivity index (χ4n) is 2.79. The van der Waals surface area contributed by atoms with Gasteiger partial charge in [-0.25, -0.2) is 0 Å². The van der Waals surface area contributed by atoms with Crippen LogP contribution in [0.5, 0.6) is 5.75 Å². The van der Waals surface area contributed by atoms with E-state index in [0.717, 1.165) is 19.0 Å². The van der Waals surface area contributed by atoms with Gasteiger partial charge in [-0.1, -0.05) is 17.7 Å². The highest BCUT2D eigenvalue weighted by molar-refractivity contribution is 7.81. The van der Waals surface area contributed by atoms with Gasteiger partial charge in [0.1, 0.15) is 0 Å².